The van der Waals surface area contributed by atoms with Crippen molar-refractivity contribution in [2.45, 2.75) is 47.6 Å². The monoisotopic (exact) mass is 216 g/mol. The molecular weight excluding hydrogens is 192 g/mol. The van der Waals surface area contributed by atoms with E-state index in [4.69, 9.17) is 9.47 Å². The Labute approximate surface area is 93.1 Å². The minimum Gasteiger partial charge on any atom is -0.463 e. The van der Waals surface area contributed by atoms with Gasteiger partial charge in [0.2, 0.25) is 0 Å². The van der Waals surface area contributed by atoms with Crippen LogP contribution in [0.4, 0.5) is 0 Å². The number of rotatable bonds is 5. The van der Waals surface area contributed by atoms with Gasteiger partial charge in [0, 0.05) is 6.61 Å². The van der Waals surface area contributed by atoms with Gasteiger partial charge in [0.05, 0.1) is 11.5 Å². The van der Waals surface area contributed by atoms with Crippen molar-refractivity contribution in [1.29, 1.82) is 0 Å². The number of esters is 1. The Morgan fingerprint density at radius 3 is 2.07 bits per heavy atom. The summed E-state index contributed by atoms with van der Waals surface area (Å²) in [4.78, 5) is 11.4. The quantitative estimate of drug-likeness (QED) is 0.663. The second kappa shape index (κ2) is 6.11. The molecule has 0 saturated heterocycles. The number of hydrogen-bond acceptors (Lipinski definition) is 3. The lowest BCUT2D eigenvalue weighted by molar-refractivity contribution is -0.157. The molecule has 0 aromatic rings. The summed E-state index contributed by atoms with van der Waals surface area (Å²) in [6.45, 7) is 12.7. The van der Waals surface area contributed by atoms with Gasteiger partial charge < -0.3 is 9.47 Å². The molecule has 0 N–H and O–H groups in total. The lowest BCUT2D eigenvalue weighted by Gasteiger charge is -2.19. The summed E-state index contributed by atoms with van der Waals surface area (Å²) in [7, 11) is 0. The molecular formula is C12H24O3. The Hall–Kier alpha value is -0.570. The first kappa shape index (κ1) is 14.4. The minimum absolute atomic E-state index is 0.0290. The van der Waals surface area contributed by atoms with Gasteiger partial charge in [0.25, 0.3) is 0 Å². The van der Waals surface area contributed by atoms with Crippen LogP contribution in [0.15, 0.2) is 0 Å². The lowest BCUT2D eigenvalue weighted by Crippen LogP contribution is -2.27. The zero-order chi connectivity index (χ0) is 12.1. The highest BCUT2D eigenvalue weighted by Gasteiger charge is 2.23. The van der Waals surface area contributed by atoms with Gasteiger partial charge >= 0.3 is 5.97 Å². The fourth-order valence-corrected chi connectivity index (χ4v) is 0.814. The largest absolute Gasteiger partial charge is 0.463 e. The van der Waals surface area contributed by atoms with Gasteiger partial charge in [-0.25, -0.2) is 0 Å². The molecule has 0 aromatic heterocycles. The predicted octanol–water partition coefficient (Wildman–Crippen LogP) is 2.64. The number of hydrogen-bond donors (Lipinski definition) is 0. The van der Waals surface area contributed by atoms with Gasteiger partial charge in [-0.05, 0) is 33.6 Å². The maximum absolute atomic E-state index is 11.4. The van der Waals surface area contributed by atoms with Gasteiger partial charge in [-0.15, -0.1) is 0 Å². The molecule has 1 atom stereocenters. The molecule has 0 aliphatic carbocycles. The molecule has 0 spiro atoms. The maximum atomic E-state index is 11.4. The van der Waals surface area contributed by atoms with E-state index in [9.17, 15) is 4.79 Å². The van der Waals surface area contributed by atoms with E-state index in [0.717, 1.165) is 0 Å². The predicted molar refractivity (Wildman–Crippen MR) is 60.7 cm³/mol. The van der Waals surface area contributed by atoms with Crippen LogP contribution in [-0.2, 0) is 14.3 Å². The number of carbonyl (C=O) groups excluding carboxylic acids is 1. The highest BCUT2D eigenvalue weighted by molar-refractivity contribution is 5.75. The van der Waals surface area contributed by atoms with Crippen molar-refractivity contribution in [3.8, 4) is 0 Å². The molecule has 1 unspecified atom stereocenters. The average molecular weight is 216 g/mol. The molecule has 0 radical (unpaired) electrons. The van der Waals surface area contributed by atoms with Gasteiger partial charge in [-0.1, -0.05) is 13.8 Å². The Bertz CT molecular complexity index is 192. The summed E-state index contributed by atoms with van der Waals surface area (Å²) in [5.41, 5.74) is -0.433. The van der Waals surface area contributed by atoms with Crippen LogP contribution in [0.3, 0.4) is 0 Å². The van der Waals surface area contributed by atoms with Crippen LogP contribution in [0.5, 0.6) is 0 Å². The van der Waals surface area contributed by atoms with Gasteiger partial charge in [-0.3, -0.25) is 4.79 Å². The zero-order valence-corrected chi connectivity index (χ0v) is 10.8. The zero-order valence-electron chi connectivity index (χ0n) is 10.8. The van der Waals surface area contributed by atoms with Crippen LogP contribution in [0.1, 0.15) is 41.5 Å². The fourth-order valence-electron chi connectivity index (χ4n) is 0.814. The van der Waals surface area contributed by atoms with Crippen molar-refractivity contribution in [2.75, 3.05) is 13.2 Å². The van der Waals surface area contributed by atoms with Gasteiger partial charge in [-0.2, -0.15) is 0 Å². The van der Waals surface area contributed by atoms with Crippen molar-refractivity contribution in [1.82, 2.24) is 0 Å². The SMILES string of the molecule is CC(C)COC(C)COC(=O)C(C)(C)C. The molecule has 3 nitrogen and oxygen atoms in total. The smallest absolute Gasteiger partial charge is 0.311 e. The summed E-state index contributed by atoms with van der Waals surface area (Å²) in [5.74, 6) is 0.327. The van der Waals surface area contributed by atoms with E-state index in [1.807, 2.05) is 27.7 Å². The second-order valence-electron chi connectivity index (χ2n) is 5.39. The van der Waals surface area contributed by atoms with Crippen LogP contribution >= 0.6 is 0 Å². The molecule has 3 heteroatoms. The normalized spacial score (nSPS) is 14.1. The lowest BCUT2D eigenvalue weighted by atomic mass is 9.97. The molecule has 0 aliphatic rings. The minimum atomic E-state index is -0.433. The van der Waals surface area contributed by atoms with E-state index in [-0.39, 0.29) is 12.1 Å². The molecule has 0 amide bonds. The Morgan fingerprint density at radius 2 is 1.67 bits per heavy atom. The molecule has 0 bridgehead atoms. The Morgan fingerprint density at radius 1 is 1.13 bits per heavy atom. The van der Waals surface area contributed by atoms with Crippen LogP contribution < -0.4 is 0 Å². The van der Waals surface area contributed by atoms with E-state index >= 15 is 0 Å². The molecule has 0 saturated carbocycles. The summed E-state index contributed by atoms with van der Waals surface area (Å²) in [6.07, 6.45) is -0.0290. The van der Waals surface area contributed by atoms with Crippen molar-refractivity contribution >= 4 is 5.97 Å². The first-order valence-electron chi connectivity index (χ1n) is 5.52. The van der Waals surface area contributed by atoms with Crippen molar-refractivity contribution in [2.24, 2.45) is 11.3 Å². The third-order valence-electron chi connectivity index (χ3n) is 1.78. The Kier molecular flexibility index (Phi) is 5.88. The molecule has 15 heavy (non-hydrogen) atoms. The topological polar surface area (TPSA) is 35.5 Å². The standard InChI is InChI=1S/C12H24O3/c1-9(2)7-14-10(3)8-15-11(13)12(4,5)6/h9-10H,7-8H2,1-6H3. The van der Waals surface area contributed by atoms with Crippen LogP contribution in [0.25, 0.3) is 0 Å². The van der Waals surface area contributed by atoms with E-state index in [2.05, 4.69) is 13.8 Å². The van der Waals surface area contributed by atoms with Crippen LogP contribution in [-0.4, -0.2) is 25.3 Å². The van der Waals surface area contributed by atoms with Crippen molar-refractivity contribution in [3.05, 3.63) is 0 Å². The molecule has 0 aromatic carbocycles. The first-order valence-corrected chi connectivity index (χ1v) is 5.52. The van der Waals surface area contributed by atoms with Crippen LogP contribution in [0.2, 0.25) is 0 Å². The second-order valence-corrected chi connectivity index (χ2v) is 5.39. The fraction of sp³-hybridized carbons (Fsp3) is 0.917. The number of carbonyl (C=O) groups is 1. The van der Waals surface area contributed by atoms with Crippen LogP contribution in [0, 0.1) is 11.3 Å². The highest BCUT2D eigenvalue weighted by Crippen LogP contribution is 2.15. The first-order chi connectivity index (χ1) is 6.73. The third-order valence-corrected chi connectivity index (χ3v) is 1.78. The van der Waals surface area contributed by atoms with Crippen molar-refractivity contribution < 1.29 is 14.3 Å². The van der Waals surface area contributed by atoms with Crippen molar-refractivity contribution in [3.63, 3.8) is 0 Å². The maximum Gasteiger partial charge on any atom is 0.311 e. The molecule has 0 fully saturated rings. The highest BCUT2D eigenvalue weighted by atomic mass is 16.6. The molecule has 0 heterocycles. The number of ether oxygens (including phenoxy) is 2. The molecule has 0 rings (SSSR count). The summed E-state index contributed by atoms with van der Waals surface area (Å²) in [6, 6.07) is 0. The Balaban J connectivity index is 3.72. The van der Waals surface area contributed by atoms with E-state index in [1.54, 1.807) is 0 Å². The summed E-state index contributed by atoms with van der Waals surface area (Å²) < 4.78 is 10.6. The summed E-state index contributed by atoms with van der Waals surface area (Å²) >= 11 is 0. The molecule has 0 aliphatic heterocycles. The molecule has 90 valence electrons. The third kappa shape index (κ3) is 7.37. The van der Waals surface area contributed by atoms with E-state index in [1.165, 1.54) is 0 Å². The van der Waals surface area contributed by atoms with E-state index in [0.29, 0.717) is 19.1 Å². The van der Waals surface area contributed by atoms with Gasteiger partial charge in [0.15, 0.2) is 0 Å². The summed E-state index contributed by atoms with van der Waals surface area (Å²) in [5, 5.41) is 0. The van der Waals surface area contributed by atoms with Gasteiger partial charge in [0.1, 0.15) is 6.61 Å². The van der Waals surface area contributed by atoms with E-state index < -0.39 is 5.41 Å². The average Bonchev–Trinajstić information content (AvgIpc) is 2.09.